The van der Waals surface area contributed by atoms with Gasteiger partial charge < -0.3 is 10.6 Å². The highest BCUT2D eigenvalue weighted by Gasteiger charge is 2.29. The van der Waals surface area contributed by atoms with E-state index < -0.39 is 0 Å². The molecule has 3 heteroatoms. The van der Waals surface area contributed by atoms with Gasteiger partial charge in [-0.3, -0.25) is 5.41 Å². The van der Waals surface area contributed by atoms with E-state index in [2.05, 4.69) is 194 Å². The van der Waals surface area contributed by atoms with Gasteiger partial charge in [0.05, 0.1) is 0 Å². The summed E-state index contributed by atoms with van der Waals surface area (Å²) in [5, 5.41) is 18.6. The van der Waals surface area contributed by atoms with Crippen molar-refractivity contribution >= 4 is 49.0 Å². The first-order chi connectivity index (χ1) is 28.6. The minimum absolute atomic E-state index is 0.0651. The summed E-state index contributed by atoms with van der Waals surface area (Å²) in [6, 6.07) is 70.6. The molecule has 10 aromatic rings. The van der Waals surface area contributed by atoms with Crippen molar-refractivity contribution < 1.29 is 0 Å². The molecule has 0 unspecified atom stereocenters. The Labute approximate surface area is 337 Å². The number of nitrogens with zero attached hydrogens (tertiary/aromatic N) is 1. The molecule has 0 fully saturated rings. The van der Waals surface area contributed by atoms with Crippen molar-refractivity contribution in [3.8, 4) is 55.6 Å². The van der Waals surface area contributed by atoms with Crippen LogP contribution < -0.4 is 5.73 Å². The van der Waals surface area contributed by atoms with Crippen LogP contribution in [0.1, 0.15) is 11.1 Å². The summed E-state index contributed by atoms with van der Waals surface area (Å²) >= 11 is 0. The maximum absolute atomic E-state index is 8.91. The lowest BCUT2D eigenvalue weighted by molar-refractivity contribution is 0.405. The number of nitrogens with two attached hydrogens (primary N) is 1. The van der Waals surface area contributed by atoms with Crippen LogP contribution in [-0.4, -0.2) is 10.9 Å². The Morgan fingerprint density at radius 2 is 0.707 bits per heavy atom. The van der Waals surface area contributed by atoms with Crippen molar-refractivity contribution in [1.82, 2.24) is 4.90 Å². The molecule has 10 aromatic carbocycles. The van der Waals surface area contributed by atoms with Gasteiger partial charge in [0.25, 0.3) is 0 Å². The predicted octanol–water partition coefficient (Wildman–Crippen LogP) is 13.8. The highest BCUT2D eigenvalue weighted by Crippen LogP contribution is 2.48. The Morgan fingerprint density at radius 1 is 0.362 bits per heavy atom. The number of nitrogens with one attached hydrogen (secondary N) is 1. The summed E-state index contributed by atoms with van der Waals surface area (Å²) < 4.78 is 0. The Morgan fingerprint density at radius 3 is 1.12 bits per heavy atom. The van der Waals surface area contributed by atoms with Crippen molar-refractivity contribution in [3.63, 3.8) is 0 Å². The second kappa shape index (κ2) is 13.6. The third-order valence-electron chi connectivity index (χ3n) is 12.2. The quantitative estimate of drug-likeness (QED) is 0.139. The van der Waals surface area contributed by atoms with Crippen LogP contribution in [0.15, 0.2) is 194 Å². The first-order valence-corrected chi connectivity index (χ1v) is 19.9. The third kappa shape index (κ3) is 5.71. The number of benzene rings is 10. The average molecular weight is 742 g/mol. The minimum atomic E-state index is 0.0651. The molecular formula is C55H39N3. The average Bonchev–Trinajstić information content (AvgIpc) is 3.47. The van der Waals surface area contributed by atoms with Crippen LogP contribution in [-0.2, 0) is 13.1 Å². The molecule has 0 spiro atoms. The van der Waals surface area contributed by atoms with E-state index in [0.29, 0.717) is 13.1 Å². The smallest absolute Gasteiger partial charge is 0.188 e. The molecule has 0 radical (unpaired) electrons. The Bertz CT molecular complexity index is 3040. The largest absolute Gasteiger partial charge is 0.370 e. The van der Waals surface area contributed by atoms with Crippen LogP contribution in [0.2, 0.25) is 0 Å². The van der Waals surface area contributed by atoms with Gasteiger partial charge in [0.15, 0.2) is 5.96 Å². The van der Waals surface area contributed by atoms with E-state index in [-0.39, 0.29) is 5.96 Å². The van der Waals surface area contributed by atoms with E-state index in [1.807, 2.05) is 4.90 Å². The predicted molar refractivity (Wildman–Crippen MR) is 245 cm³/mol. The Hall–Kier alpha value is -7.49. The van der Waals surface area contributed by atoms with Crippen LogP contribution in [0.25, 0.3) is 98.7 Å². The van der Waals surface area contributed by atoms with Gasteiger partial charge in [0, 0.05) is 13.1 Å². The van der Waals surface area contributed by atoms with Crippen LogP contribution in [0.5, 0.6) is 0 Å². The fraction of sp³-hybridized carbons (Fsp3) is 0.0364. The van der Waals surface area contributed by atoms with Gasteiger partial charge in [-0.1, -0.05) is 170 Å². The summed E-state index contributed by atoms with van der Waals surface area (Å²) in [5.41, 5.74) is 20.7. The van der Waals surface area contributed by atoms with Crippen LogP contribution in [0.4, 0.5) is 0 Å². The molecule has 0 aliphatic carbocycles. The molecule has 1 heterocycles. The zero-order valence-electron chi connectivity index (χ0n) is 31.9. The van der Waals surface area contributed by atoms with Gasteiger partial charge in [-0.15, -0.1) is 0 Å². The number of hydrogen-bond donors (Lipinski definition) is 2. The fourth-order valence-electron chi connectivity index (χ4n) is 9.23. The van der Waals surface area contributed by atoms with E-state index in [4.69, 9.17) is 11.1 Å². The van der Waals surface area contributed by atoms with Crippen molar-refractivity contribution in [2.45, 2.75) is 13.1 Å². The van der Waals surface area contributed by atoms with Crippen molar-refractivity contribution in [2.75, 3.05) is 0 Å². The number of fused-ring (bicyclic) bond motifs is 9. The normalized spacial score (nSPS) is 12.4. The van der Waals surface area contributed by atoms with E-state index >= 15 is 0 Å². The second-order valence-electron chi connectivity index (χ2n) is 15.5. The molecule has 1 aliphatic heterocycles. The lowest BCUT2D eigenvalue weighted by atomic mass is 9.82. The Balaban J connectivity index is 1.11. The van der Waals surface area contributed by atoms with Crippen molar-refractivity contribution in [1.29, 1.82) is 5.41 Å². The fourth-order valence-corrected chi connectivity index (χ4v) is 9.23. The molecule has 0 amide bonds. The molecule has 0 saturated carbocycles. The molecule has 58 heavy (non-hydrogen) atoms. The van der Waals surface area contributed by atoms with Crippen molar-refractivity contribution in [3.05, 3.63) is 205 Å². The van der Waals surface area contributed by atoms with Crippen LogP contribution >= 0.6 is 0 Å². The van der Waals surface area contributed by atoms with Crippen molar-refractivity contribution in [2.24, 2.45) is 5.73 Å². The highest BCUT2D eigenvalue weighted by atomic mass is 15.2. The maximum atomic E-state index is 8.91. The van der Waals surface area contributed by atoms with Gasteiger partial charge in [-0.05, 0) is 134 Å². The Kier molecular flexibility index (Phi) is 7.94. The molecular weight excluding hydrogens is 703 g/mol. The zero-order chi connectivity index (χ0) is 38.7. The van der Waals surface area contributed by atoms with E-state index in [9.17, 15) is 0 Å². The monoisotopic (exact) mass is 741 g/mol. The summed E-state index contributed by atoms with van der Waals surface area (Å²) in [5.74, 6) is 0.0651. The number of rotatable bonds is 4. The summed E-state index contributed by atoms with van der Waals surface area (Å²) in [7, 11) is 0. The lowest BCUT2D eigenvalue weighted by Gasteiger charge is -2.24. The van der Waals surface area contributed by atoms with Crippen LogP contribution in [0.3, 0.4) is 0 Å². The molecule has 0 aromatic heterocycles. The molecule has 0 saturated heterocycles. The van der Waals surface area contributed by atoms with E-state index in [0.717, 1.165) is 22.3 Å². The van der Waals surface area contributed by atoms with Gasteiger partial charge in [0.2, 0.25) is 0 Å². The molecule has 3 N–H and O–H groups in total. The number of guanidine groups is 1. The first-order valence-electron chi connectivity index (χ1n) is 19.9. The minimum Gasteiger partial charge on any atom is -0.370 e. The van der Waals surface area contributed by atoms with Gasteiger partial charge >= 0.3 is 0 Å². The van der Waals surface area contributed by atoms with E-state index in [1.165, 1.54) is 87.6 Å². The molecule has 0 bridgehead atoms. The van der Waals surface area contributed by atoms with Crippen LogP contribution in [0, 0.1) is 5.41 Å². The third-order valence-corrected chi connectivity index (χ3v) is 12.2. The molecule has 274 valence electrons. The van der Waals surface area contributed by atoms with E-state index in [1.54, 1.807) is 0 Å². The second-order valence-corrected chi connectivity index (χ2v) is 15.5. The maximum Gasteiger partial charge on any atom is 0.188 e. The first kappa shape index (κ1) is 33.8. The van der Waals surface area contributed by atoms with Gasteiger partial charge in [0.1, 0.15) is 0 Å². The standard InChI is InChI=1S/C55H39N3/c56-55(57)58-33-51-49(39-23-17-37(18-24-39)43-27-21-35-9-1-3-11-41(35)29-43)31-45-13-5-7-15-47(45)53(51)54-48-16-8-6-14-46(48)32-50(52(54)34-58)40-25-19-38(20-26-40)44-28-22-36-10-2-4-12-42(36)30-44/h1-32H,33-34H2,(H3,56,57). The zero-order valence-corrected chi connectivity index (χ0v) is 31.9. The van der Waals surface area contributed by atoms with Gasteiger partial charge in [-0.25, -0.2) is 0 Å². The summed E-state index contributed by atoms with van der Waals surface area (Å²) in [4.78, 5) is 2.04. The molecule has 11 rings (SSSR count). The van der Waals surface area contributed by atoms with Gasteiger partial charge in [-0.2, -0.15) is 0 Å². The summed E-state index contributed by atoms with van der Waals surface area (Å²) in [6.07, 6.45) is 0. The molecule has 0 atom stereocenters. The summed E-state index contributed by atoms with van der Waals surface area (Å²) in [6.45, 7) is 1.03. The molecule has 1 aliphatic rings. The highest BCUT2D eigenvalue weighted by molar-refractivity contribution is 6.12. The number of hydrogen-bond acceptors (Lipinski definition) is 1. The topological polar surface area (TPSA) is 53.1 Å². The lowest BCUT2D eigenvalue weighted by Crippen LogP contribution is -2.35. The molecule has 3 nitrogen and oxygen atoms in total. The SMILES string of the molecule is N=C(N)N1Cc2c(-c3ccc(-c4ccc5ccccc5c4)cc3)cc3ccccc3c2-c2c(c(-c3ccc(-c4ccc5ccccc5c4)cc3)cc3ccccc23)C1.